The normalized spacial score (nSPS) is 12.4. The fraction of sp³-hybridized carbons (Fsp3) is 0.350. The van der Waals surface area contributed by atoms with Gasteiger partial charge in [0, 0.05) is 28.0 Å². The lowest BCUT2D eigenvalue weighted by Gasteiger charge is -2.36. The highest BCUT2D eigenvalue weighted by molar-refractivity contribution is 9.10. The number of rotatable bonds is 6. The van der Waals surface area contributed by atoms with Crippen LogP contribution in [-0.4, -0.2) is 24.2 Å². The van der Waals surface area contributed by atoms with Gasteiger partial charge in [0.15, 0.2) is 8.32 Å². The first-order valence-electron chi connectivity index (χ1n) is 8.76. The summed E-state index contributed by atoms with van der Waals surface area (Å²) in [6.45, 7) is 11.5. The molecule has 2 rings (SSSR count). The third kappa shape index (κ3) is 6.37. The van der Waals surface area contributed by atoms with E-state index in [1.807, 2.05) is 18.2 Å². The van der Waals surface area contributed by atoms with Gasteiger partial charge in [0.2, 0.25) is 5.91 Å². The molecular weight excluding hydrogens is 422 g/mol. The van der Waals surface area contributed by atoms with Crippen molar-refractivity contribution in [1.82, 2.24) is 9.97 Å². The minimum absolute atomic E-state index is 0.128. The molecule has 1 aromatic heterocycles. The van der Waals surface area contributed by atoms with Gasteiger partial charge in [-0.05, 0) is 48.5 Å². The van der Waals surface area contributed by atoms with Crippen LogP contribution < -0.4 is 5.32 Å². The largest absolute Gasteiger partial charge is 0.412 e. The second kappa shape index (κ2) is 8.90. The molecule has 1 aromatic carbocycles. The maximum absolute atomic E-state index is 12.3. The van der Waals surface area contributed by atoms with Gasteiger partial charge in [-0.15, -0.1) is 0 Å². The van der Waals surface area contributed by atoms with Crippen molar-refractivity contribution < 1.29 is 9.22 Å². The number of nitrogens with one attached hydrogen (secondary N) is 1. The summed E-state index contributed by atoms with van der Waals surface area (Å²) in [7, 11) is -1.88. The van der Waals surface area contributed by atoms with E-state index in [4.69, 9.17) is 4.43 Å². The first-order chi connectivity index (χ1) is 12.6. The monoisotopic (exact) mass is 447 g/mol. The third-order valence-electron chi connectivity index (χ3n) is 4.73. The molecule has 0 fully saturated rings. The summed E-state index contributed by atoms with van der Waals surface area (Å²) in [6.07, 6.45) is 6.20. The Kier molecular flexibility index (Phi) is 7.08. The smallest absolute Gasteiger partial charge is 0.248 e. The first-order valence-corrected chi connectivity index (χ1v) is 12.5. The molecule has 0 atom stereocenters. The topological polar surface area (TPSA) is 64.1 Å². The lowest BCUT2D eigenvalue weighted by atomic mass is 10.2. The van der Waals surface area contributed by atoms with Crippen LogP contribution in [0.4, 0.5) is 5.69 Å². The third-order valence-corrected chi connectivity index (χ3v) is 9.70. The minimum Gasteiger partial charge on any atom is -0.412 e. The molecule has 1 amide bonds. The highest BCUT2D eigenvalue weighted by atomic mass is 79.9. The molecule has 0 saturated heterocycles. The molecule has 0 saturated carbocycles. The SMILES string of the molecule is CC(C)(C)[Si](C)(C)OCc1cc(Br)ccc1NC(=O)C=Cc1ccncn1. The Balaban J connectivity index is 2.11. The van der Waals surface area contributed by atoms with Crippen LogP contribution in [-0.2, 0) is 15.8 Å². The van der Waals surface area contributed by atoms with Crippen LogP contribution in [0.5, 0.6) is 0 Å². The standard InChI is InChI=1S/C20H26BrN3O2Si/c1-20(2,3)27(4,5)26-13-15-12-16(21)6-8-18(15)24-19(25)9-7-17-10-11-22-14-23-17/h6-12,14H,13H2,1-5H3,(H,24,25). The maximum atomic E-state index is 12.3. The number of carbonyl (C=O) groups excluding carboxylic acids is 1. The molecule has 144 valence electrons. The van der Waals surface area contributed by atoms with E-state index >= 15 is 0 Å². The Labute approximate surface area is 170 Å². The van der Waals surface area contributed by atoms with Gasteiger partial charge >= 0.3 is 0 Å². The van der Waals surface area contributed by atoms with E-state index in [1.165, 1.54) is 12.4 Å². The van der Waals surface area contributed by atoms with Gasteiger partial charge in [0.1, 0.15) is 6.33 Å². The Morgan fingerprint density at radius 3 is 2.67 bits per heavy atom. The minimum atomic E-state index is -1.88. The molecule has 1 N–H and O–H groups in total. The summed E-state index contributed by atoms with van der Waals surface area (Å²) in [4.78, 5) is 20.2. The van der Waals surface area contributed by atoms with Gasteiger partial charge in [0.25, 0.3) is 0 Å². The van der Waals surface area contributed by atoms with Gasteiger partial charge < -0.3 is 9.74 Å². The molecule has 0 bridgehead atoms. The van der Waals surface area contributed by atoms with E-state index < -0.39 is 8.32 Å². The van der Waals surface area contributed by atoms with Crippen LogP contribution in [0.1, 0.15) is 32.0 Å². The fourth-order valence-electron chi connectivity index (χ4n) is 2.01. The molecule has 1 heterocycles. The quantitative estimate of drug-likeness (QED) is 0.474. The number of amides is 1. The van der Waals surface area contributed by atoms with Gasteiger partial charge in [-0.25, -0.2) is 9.97 Å². The lowest BCUT2D eigenvalue weighted by Crippen LogP contribution is -2.40. The average Bonchev–Trinajstić information content (AvgIpc) is 2.60. The molecule has 2 aromatic rings. The number of hydrogen-bond donors (Lipinski definition) is 1. The molecule has 0 aliphatic heterocycles. The average molecular weight is 448 g/mol. The zero-order valence-electron chi connectivity index (χ0n) is 16.4. The number of hydrogen-bond acceptors (Lipinski definition) is 4. The van der Waals surface area contributed by atoms with Crippen LogP contribution in [0.3, 0.4) is 0 Å². The van der Waals surface area contributed by atoms with Gasteiger partial charge in [-0.1, -0.05) is 36.7 Å². The van der Waals surface area contributed by atoms with Crippen LogP contribution in [0, 0.1) is 0 Å². The Bertz CT molecular complexity index is 818. The van der Waals surface area contributed by atoms with E-state index in [1.54, 1.807) is 18.3 Å². The van der Waals surface area contributed by atoms with Crippen molar-refractivity contribution in [3.63, 3.8) is 0 Å². The maximum Gasteiger partial charge on any atom is 0.248 e. The molecule has 5 nitrogen and oxygen atoms in total. The summed E-state index contributed by atoms with van der Waals surface area (Å²) in [5.74, 6) is -0.218. The molecule has 0 aliphatic carbocycles. The predicted molar refractivity (Wildman–Crippen MR) is 116 cm³/mol. The van der Waals surface area contributed by atoms with Crippen molar-refractivity contribution in [3.8, 4) is 0 Å². The van der Waals surface area contributed by atoms with E-state index in [-0.39, 0.29) is 10.9 Å². The van der Waals surface area contributed by atoms with Crippen LogP contribution in [0.15, 0.2) is 47.3 Å². The summed E-state index contributed by atoms with van der Waals surface area (Å²) < 4.78 is 7.27. The van der Waals surface area contributed by atoms with Crippen molar-refractivity contribution in [3.05, 3.63) is 58.6 Å². The van der Waals surface area contributed by atoms with Gasteiger partial charge in [-0.2, -0.15) is 0 Å². The van der Waals surface area contributed by atoms with E-state index in [0.29, 0.717) is 12.3 Å². The van der Waals surface area contributed by atoms with Crippen molar-refractivity contribution >= 4 is 41.9 Å². The molecular formula is C20H26BrN3O2Si. The number of carbonyl (C=O) groups is 1. The first kappa shape index (κ1) is 21.5. The number of aromatic nitrogens is 2. The summed E-state index contributed by atoms with van der Waals surface area (Å²) >= 11 is 3.50. The van der Waals surface area contributed by atoms with Crippen LogP contribution in [0.25, 0.3) is 6.08 Å². The molecule has 0 unspecified atom stereocenters. The second-order valence-electron chi connectivity index (χ2n) is 7.81. The summed E-state index contributed by atoms with van der Waals surface area (Å²) in [5.41, 5.74) is 2.37. The molecule has 7 heteroatoms. The molecule has 0 spiro atoms. The lowest BCUT2D eigenvalue weighted by molar-refractivity contribution is -0.111. The van der Waals surface area contributed by atoms with E-state index in [2.05, 4.69) is 65.1 Å². The molecule has 27 heavy (non-hydrogen) atoms. The second-order valence-corrected chi connectivity index (χ2v) is 13.5. The van der Waals surface area contributed by atoms with Crippen LogP contribution in [0.2, 0.25) is 18.1 Å². The summed E-state index contributed by atoms with van der Waals surface area (Å²) in [6, 6.07) is 7.50. The Hall–Kier alpha value is -1.83. The van der Waals surface area contributed by atoms with E-state index in [9.17, 15) is 4.79 Å². The fourth-order valence-corrected chi connectivity index (χ4v) is 3.37. The Morgan fingerprint density at radius 2 is 2.04 bits per heavy atom. The number of halogens is 1. The number of nitrogens with zero attached hydrogens (tertiary/aromatic N) is 2. The van der Waals surface area contributed by atoms with Gasteiger partial charge in [-0.3, -0.25) is 4.79 Å². The zero-order valence-corrected chi connectivity index (χ0v) is 19.0. The van der Waals surface area contributed by atoms with Crippen molar-refractivity contribution in [1.29, 1.82) is 0 Å². The van der Waals surface area contributed by atoms with Crippen molar-refractivity contribution in [2.45, 2.75) is 45.5 Å². The van der Waals surface area contributed by atoms with Crippen LogP contribution >= 0.6 is 15.9 Å². The number of benzene rings is 1. The highest BCUT2D eigenvalue weighted by Gasteiger charge is 2.37. The highest BCUT2D eigenvalue weighted by Crippen LogP contribution is 2.37. The Morgan fingerprint density at radius 1 is 1.30 bits per heavy atom. The van der Waals surface area contributed by atoms with Crippen molar-refractivity contribution in [2.75, 3.05) is 5.32 Å². The summed E-state index contributed by atoms with van der Waals surface area (Å²) in [5, 5.41) is 3.06. The van der Waals surface area contributed by atoms with Crippen molar-refractivity contribution in [2.24, 2.45) is 0 Å². The number of anilines is 1. The molecule has 0 aliphatic rings. The van der Waals surface area contributed by atoms with Gasteiger partial charge in [0.05, 0.1) is 12.3 Å². The predicted octanol–water partition coefficient (Wildman–Crippen LogP) is 5.41. The van der Waals surface area contributed by atoms with E-state index in [0.717, 1.165) is 15.7 Å². The zero-order chi connectivity index (χ0) is 20.1. The molecule has 0 radical (unpaired) electrons.